The molecule has 2 heterocycles. The summed E-state index contributed by atoms with van der Waals surface area (Å²) < 4.78 is 1.35. The summed E-state index contributed by atoms with van der Waals surface area (Å²) in [6.07, 6.45) is 1.26. The predicted molar refractivity (Wildman–Crippen MR) is 103 cm³/mol. The van der Waals surface area contributed by atoms with Crippen molar-refractivity contribution in [3.63, 3.8) is 0 Å². The van der Waals surface area contributed by atoms with Crippen molar-refractivity contribution in [2.24, 2.45) is 0 Å². The number of carbonyl (C=O) groups excluding carboxylic acids is 3. The van der Waals surface area contributed by atoms with Crippen LogP contribution in [0.4, 0.5) is 5.69 Å². The Balaban J connectivity index is 1.46. The normalized spacial score (nSPS) is 15.2. The first kappa shape index (κ1) is 18.2. The molecule has 1 aromatic heterocycles. The lowest BCUT2D eigenvalue weighted by atomic mass is 9.90. The molecule has 3 amide bonds. The molecule has 4 rings (SSSR count). The zero-order valence-electron chi connectivity index (χ0n) is 15.1. The van der Waals surface area contributed by atoms with Gasteiger partial charge in [0.15, 0.2) is 11.4 Å². The smallest absolute Gasteiger partial charge is 0.294 e. The largest absolute Gasteiger partial charge is 0.504 e. The van der Waals surface area contributed by atoms with E-state index in [-0.39, 0.29) is 23.8 Å². The van der Waals surface area contributed by atoms with Crippen LogP contribution < -0.4 is 16.2 Å². The number of nitrogens with zero attached hydrogens (tertiary/aromatic N) is 2. The van der Waals surface area contributed by atoms with Crippen molar-refractivity contribution in [3.8, 4) is 11.4 Å². The van der Waals surface area contributed by atoms with E-state index in [0.717, 1.165) is 0 Å². The Morgan fingerprint density at radius 1 is 1.07 bits per heavy atom. The maximum Gasteiger partial charge on any atom is 0.294 e. The summed E-state index contributed by atoms with van der Waals surface area (Å²) in [4.78, 5) is 36.8. The van der Waals surface area contributed by atoms with Gasteiger partial charge in [-0.15, -0.1) is 0 Å². The van der Waals surface area contributed by atoms with E-state index in [2.05, 4.69) is 21.3 Å². The van der Waals surface area contributed by atoms with Crippen molar-refractivity contribution >= 4 is 23.4 Å². The molecule has 0 radical (unpaired) electrons. The van der Waals surface area contributed by atoms with Crippen LogP contribution in [0.3, 0.4) is 0 Å². The van der Waals surface area contributed by atoms with Gasteiger partial charge >= 0.3 is 0 Å². The second kappa shape index (κ2) is 7.47. The van der Waals surface area contributed by atoms with Crippen LogP contribution in [-0.4, -0.2) is 32.6 Å². The van der Waals surface area contributed by atoms with Crippen LogP contribution in [0.1, 0.15) is 28.4 Å². The molecule has 3 aromatic rings. The van der Waals surface area contributed by atoms with Gasteiger partial charge in [-0.3, -0.25) is 25.2 Å². The number of hydrazine groups is 1. The first-order valence-electron chi connectivity index (χ1n) is 8.86. The summed E-state index contributed by atoms with van der Waals surface area (Å²) >= 11 is 0. The first-order valence-corrected chi connectivity index (χ1v) is 8.86. The standard InChI is InChI=1S/C20H17N5O4/c26-16-11-25(12-6-2-1-3-7-12)24-18(16)20(29)23-22-19(28)14-10-17(27)21-15-9-5-4-8-13(14)15/h1-9,11,14,26H,10H2,(H,21,27)(H,22,28)(H,23,29)/t14-/m1/s1. The average Bonchev–Trinajstić information content (AvgIpc) is 3.13. The highest BCUT2D eigenvalue weighted by Crippen LogP contribution is 2.31. The molecule has 0 spiro atoms. The van der Waals surface area contributed by atoms with Crippen LogP contribution in [0.15, 0.2) is 60.8 Å². The molecule has 29 heavy (non-hydrogen) atoms. The summed E-state index contributed by atoms with van der Waals surface area (Å²) in [6, 6.07) is 15.9. The summed E-state index contributed by atoms with van der Waals surface area (Å²) in [6.45, 7) is 0. The van der Waals surface area contributed by atoms with E-state index in [0.29, 0.717) is 16.9 Å². The quantitative estimate of drug-likeness (QED) is 0.503. The molecule has 0 bridgehead atoms. The monoisotopic (exact) mass is 391 g/mol. The van der Waals surface area contributed by atoms with E-state index in [4.69, 9.17) is 0 Å². The van der Waals surface area contributed by atoms with Crippen molar-refractivity contribution in [1.82, 2.24) is 20.6 Å². The molecular weight excluding hydrogens is 374 g/mol. The van der Waals surface area contributed by atoms with Crippen LogP contribution in [0.25, 0.3) is 5.69 Å². The van der Waals surface area contributed by atoms with Crippen molar-refractivity contribution in [1.29, 1.82) is 0 Å². The fraction of sp³-hybridized carbons (Fsp3) is 0.100. The molecule has 0 unspecified atom stereocenters. The number of anilines is 1. The van der Waals surface area contributed by atoms with Gasteiger partial charge in [0.25, 0.3) is 5.91 Å². The average molecular weight is 391 g/mol. The number of aromatic hydroxyl groups is 1. The predicted octanol–water partition coefficient (Wildman–Crippen LogP) is 1.46. The van der Waals surface area contributed by atoms with E-state index in [1.54, 1.807) is 48.5 Å². The van der Waals surface area contributed by atoms with Gasteiger partial charge in [0.05, 0.1) is 17.8 Å². The number of hydrogen-bond donors (Lipinski definition) is 4. The molecule has 1 aliphatic heterocycles. The Bertz CT molecular complexity index is 1090. The molecular formula is C20H17N5O4. The van der Waals surface area contributed by atoms with Gasteiger partial charge in [-0.1, -0.05) is 36.4 Å². The summed E-state index contributed by atoms with van der Waals surface area (Å²) in [5, 5.41) is 16.8. The van der Waals surface area contributed by atoms with Gasteiger partial charge in [-0.05, 0) is 23.8 Å². The van der Waals surface area contributed by atoms with Crippen LogP contribution >= 0.6 is 0 Å². The SMILES string of the molecule is O=C1C[C@@H](C(=O)NNC(=O)c2nn(-c3ccccc3)cc2O)c2ccccc2N1. The number of nitrogens with one attached hydrogen (secondary N) is 3. The van der Waals surface area contributed by atoms with Crippen molar-refractivity contribution in [2.45, 2.75) is 12.3 Å². The Kier molecular flexibility index (Phi) is 4.70. The number of fused-ring (bicyclic) bond motifs is 1. The second-order valence-corrected chi connectivity index (χ2v) is 6.48. The minimum atomic E-state index is -0.779. The Morgan fingerprint density at radius 2 is 1.79 bits per heavy atom. The molecule has 0 saturated heterocycles. The first-order chi connectivity index (χ1) is 14.0. The molecule has 9 nitrogen and oxygen atoms in total. The van der Waals surface area contributed by atoms with E-state index >= 15 is 0 Å². The fourth-order valence-electron chi connectivity index (χ4n) is 3.15. The molecule has 4 N–H and O–H groups in total. The van der Waals surface area contributed by atoms with E-state index in [1.807, 2.05) is 6.07 Å². The van der Waals surface area contributed by atoms with Gasteiger partial charge in [-0.2, -0.15) is 5.10 Å². The minimum Gasteiger partial charge on any atom is -0.504 e. The van der Waals surface area contributed by atoms with E-state index < -0.39 is 17.7 Å². The van der Waals surface area contributed by atoms with Crippen molar-refractivity contribution in [2.75, 3.05) is 5.32 Å². The molecule has 0 aliphatic carbocycles. The van der Waals surface area contributed by atoms with Gasteiger partial charge in [0.1, 0.15) is 0 Å². The summed E-state index contributed by atoms with van der Waals surface area (Å²) in [5.74, 6) is -2.67. The number of benzene rings is 2. The maximum absolute atomic E-state index is 12.6. The molecule has 9 heteroatoms. The number of rotatable bonds is 3. The van der Waals surface area contributed by atoms with Crippen LogP contribution in [0.5, 0.6) is 5.75 Å². The van der Waals surface area contributed by atoms with Crippen LogP contribution in [-0.2, 0) is 9.59 Å². The maximum atomic E-state index is 12.6. The molecule has 2 aromatic carbocycles. The van der Waals surface area contributed by atoms with Crippen molar-refractivity contribution < 1.29 is 19.5 Å². The summed E-state index contributed by atoms with van der Waals surface area (Å²) in [5.41, 5.74) is 6.20. The van der Waals surface area contributed by atoms with Gasteiger partial charge in [-0.25, -0.2) is 4.68 Å². The lowest BCUT2D eigenvalue weighted by Gasteiger charge is -2.24. The number of hydrogen-bond acceptors (Lipinski definition) is 5. The lowest BCUT2D eigenvalue weighted by Crippen LogP contribution is -2.45. The topological polar surface area (TPSA) is 125 Å². The molecule has 146 valence electrons. The zero-order valence-corrected chi connectivity index (χ0v) is 15.1. The lowest BCUT2D eigenvalue weighted by molar-refractivity contribution is -0.126. The summed E-state index contributed by atoms with van der Waals surface area (Å²) in [7, 11) is 0. The Labute approximate surface area is 165 Å². The Morgan fingerprint density at radius 3 is 2.59 bits per heavy atom. The number of amides is 3. The fourth-order valence-corrected chi connectivity index (χ4v) is 3.15. The minimum absolute atomic E-state index is 0.0351. The van der Waals surface area contributed by atoms with Gasteiger partial charge < -0.3 is 10.4 Å². The third kappa shape index (κ3) is 3.65. The van der Waals surface area contributed by atoms with Crippen LogP contribution in [0, 0.1) is 0 Å². The van der Waals surface area contributed by atoms with Crippen LogP contribution in [0.2, 0.25) is 0 Å². The van der Waals surface area contributed by atoms with Gasteiger partial charge in [0, 0.05) is 12.1 Å². The second-order valence-electron chi connectivity index (χ2n) is 6.48. The molecule has 0 saturated carbocycles. The Hall–Kier alpha value is -4.14. The van der Waals surface area contributed by atoms with E-state index in [1.165, 1.54) is 10.9 Å². The van der Waals surface area contributed by atoms with Crippen molar-refractivity contribution in [3.05, 3.63) is 72.1 Å². The number of carbonyl (C=O) groups is 3. The molecule has 1 aliphatic rings. The third-order valence-electron chi connectivity index (χ3n) is 4.55. The zero-order chi connectivity index (χ0) is 20.4. The third-order valence-corrected chi connectivity index (χ3v) is 4.55. The highest BCUT2D eigenvalue weighted by Gasteiger charge is 2.31. The van der Waals surface area contributed by atoms with E-state index in [9.17, 15) is 19.5 Å². The molecule has 0 fully saturated rings. The highest BCUT2D eigenvalue weighted by molar-refractivity contribution is 6.02. The molecule has 1 atom stereocenters. The number of aromatic nitrogens is 2. The highest BCUT2D eigenvalue weighted by atomic mass is 16.3. The number of para-hydroxylation sites is 2. The van der Waals surface area contributed by atoms with Gasteiger partial charge in [0.2, 0.25) is 11.8 Å².